The van der Waals surface area contributed by atoms with Crippen LogP contribution in [0.4, 0.5) is 5.69 Å². The summed E-state index contributed by atoms with van der Waals surface area (Å²) in [6.07, 6.45) is 5.25. The number of carbonyl (C=O) groups is 1. The Kier molecular flexibility index (Phi) is 3.84. The number of anilines is 1. The number of aromatic nitrogens is 1. The lowest BCUT2D eigenvalue weighted by molar-refractivity contribution is 0.0690. The quantitative estimate of drug-likeness (QED) is 0.863. The lowest BCUT2D eigenvalue weighted by atomic mass is 9.80. The molecule has 1 aromatic rings. The molecule has 1 fully saturated rings. The van der Waals surface area contributed by atoms with Crippen LogP contribution in [0.2, 0.25) is 0 Å². The normalized spacial score (nSPS) is 27.8. The molecule has 0 spiro atoms. The van der Waals surface area contributed by atoms with Crippen LogP contribution in [-0.4, -0.2) is 22.1 Å². The van der Waals surface area contributed by atoms with Crippen LogP contribution in [0, 0.1) is 11.8 Å². The van der Waals surface area contributed by atoms with Crippen LogP contribution < -0.4 is 5.32 Å². The fourth-order valence-electron chi connectivity index (χ4n) is 2.91. The number of nitrogens with one attached hydrogen (secondary N) is 1. The van der Waals surface area contributed by atoms with E-state index >= 15 is 0 Å². The second-order valence-electron chi connectivity index (χ2n) is 5.50. The first-order valence-electron chi connectivity index (χ1n) is 6.50. The molecule has 1 aliphatic carbocycles. The maximum atomic E-state index is 10.7. The van der Waals surface area contributed by atoms with E-state index in [1.54, 1.807) is 18.3 Å². The zero-order chi connectivity index (χ0) is 13.1. The van der Waals surface area contributed by atoms with E-state index < -0.39 is 5.97 Å². The molecule has 0 saturated heterocycles. The van der Waals surface area contributed by atoms with Crippen LogP contribution in [0.25, 0.3) is 0 Å². The minimum Gasteiger partial charge on any atom is -0.477 e. The monoisotopic (exact) mass is 248 g/mol. The highest BCUT2D eigenvalue weighted by molar-refractivity contribution is 5.85. The lowest BCUT2D eigenvalue weighted by Crippen LogP contribution is -2.30. The average molecular weight is 248 g/mol. The van der Waals surface area contributed by atoms with Crippen LogP contribution in [0.15, 0.2) is 18.3 Å². The Hall–Kier alpha value is -1.58. The maximum absolute atomic E-state index is 10.7. The molecule has 1 aromatic heterocycles. The minimum atomic E-state index is -0.985. The Labute approximate surface area is 107 Å². The molecule has 98 valence electrons. The lowest BCUT2D eigenvalue weighted by Gasteiger charge is -2.32. The van der Waals surface area contributed by atoms with Gasteiger partial charge in [0.15, 0.2) is 0 Å². The molecular weight excluding hydrogens is 228 g/mol. The van der Waals surface area contributed by atoms with Crippen LogP contribution in [0.1, 0.15) is 43.6 Å². The molecule has 1 aliphatic rings. The van der Waals surface area contributed by atoms with Crippen molar-refractivity contribution >= 4 is 11.7 Å². The Morgan fingerprint density at radius 1 is 1.28 bits per heavy atom. The van der Waals surface area contributed by atoms with E-state index in [0.717, 1.165) is 17.5 Å². The molecule has 2 N–H and O–H groups in total. The van der Waals surface area contributed by atoms with Crippen molar-refractivity contribution in [1.82, 2.24) is 4.98 Å². The van der Waals surface area contributed by atoms with Gasteiger partial charge >= 0.3 is 5.97 Å². The van der Waals surface area contributed by atoms with Crippen LogP contribution in [0.3, 0.4) is 0 Å². The Bertz CT molecular complexity index is 406. The van der Waals surface area contributed by atoms with Crippen molar-refractivity contribution < 1.29 is 9.90 Å². The zero-order valence-corrected chi connectivity index (χ0v) is 10.9. The van der Waals surface area contributed by atoms with E-state index in [2.05, 4.69) is 24.1 Å². The number of pyridine rings is 1. The highest BCUT2D eigenvalue weighted by Gasteiger charge is 2.23. The van der Waals surface area contributed by atoms with E-state index in [-0.39, 0.29) is 5.69 Å². The minimum absolute atomic E-state index is 0.0888. The van der Waals surface area contributed by atoms with Gasteiger partial charge in [0.2, 0.25) is 0 Å². The summed E-state index contributed by atoms with van der Waals surface area (Å²) >= 11 is 0. The topological polar surface area (TPSA) is 62.2 Å². The van der Waals surface area contributed by atoms with Gasteiger partial charge in [-0.25, -0.2) is 9.78 Å². The third kappa shape index (κ3) is 3.22. The van der Waals surface area contributed by atoms with Gasteiger partial charge in [-0.05, 0) is 43.2 Å². The molecule has 0 bridgehead atoms. The van der Waals surface area contributed by atoms with Gasteiger partial charge in [0.1, 0.15) is 5.69 Å². The molecule has 1 saturated carbocycles. The number of hydrogen-bond donors (Lipinski definition) is 2. The second kappa shape index (κ2) is 5.38. The van der Waals surface area contributed by atoms with Crippen molar-refractivity contribution in [3.05, 3.63) is 24.0 Å². The fourth-order valence-corrected chi connectivity index (χ4v) is 2.91. The number of hydrogen-bond acceptors (Lipinski definition) is 3. The van der Waals surface area contributed by atoms with Gasteiger partial charge in [-0.2, -0.15) is 0 Å². The highest BCUT2D eigenvalue weighted by Crippen LogP contribution is 2.30. The van der Waals surface area contributed by atoms with Gasteiger partial charge in [-0.1, -0.05) is 13.8 Å². The molecule has 2 unspecified atom stereocenters. The van der Waals surface area contributed by atoms with Crippen molar-refractivity contribution in [3.63, 3.8) is 0 Å². The average Bonchev–Trinajstić information content (AvgIpc) is 2.28. The second-order valence-corrected chi connectivity index (χ2v) is 5.50. The number of carboxylic acids is 1. The first-order chi connectivity index (χ1) is 8.54. The smallest absolute Gasteiger partial charge is 0.354 e. The fraction of sp³-hybridized carbons (Fsp3) is 0.571. The molecule has 0 aliphatic heterocycles. The summed E-state index contributed by atoms with van der Waals surface area (Å²) in [7, 11) is 0. The molecule has 0 amide bonds. The zero-order valence-electron chi connectivity index (χ0n) is 10.9. The Balaban J connectivity index is 1.98. The molecule has 18 heavy (non-hydrogen) atoms. The molecule has 2 atom stereocenters. The molecule has 2 rings (SSSR count). The van der Waals surface area contributed by atoms with Crippen molar-refractivity contribution in [2.24, 2.45) is 11.8 Å². The molecule has 0 radical (unpaired) electrons. The van der Waals surface area contributed by atoms with E-state index in [9.17, 15) is 4.79 Å². The van der Waals surface area contributed by atoms with Crippen molar-refractivity contribution in [2.45, 2.75) is 39.2 Å². The summed E-state index contributed by atoms with van der Waals surface area (Å²) in [4.78, 5) is 14.6. The number of carboxylic acid groups (broad SMARTS) is 1. The molecule has 4 heteroatoms. The Morgan fingerprint density at radius 2 is 1.94 bits per heavy atom. The number of aromatic carboxylic acids is 1. The number of nitrogens with zero attached hydrogens (tertiary/aromatic N) is 1. The van der Waals surface area contributed by atoms with Crippen molar-refractivity contribution in [2.75, 3.05) is 5.32 Å². The predicted molar refractivity (Wildman–Crippen MR) is 70.8 cm³/mol. The third-order valence-electron chi connectivity index (χ3n) is 3.53. The summed E-state index contributed by atoms with van der Waals surface area (Å²) < 4.78 is 0. The van der Waals surface area contributed by atoms with E-state index in [0.29, 0.717) is 6.04 Å². The summed E-state index contributed by atoms with van der Waals surface area (Å²) in [5.41, 5.74) is 0.997. The van der Waals surface area contributed by atoms with E-state index in [1.165, 1.54) is 19.3 Å². The van der Waals surface area contributed by atoms with Crippen LogP contribution in [0.5, 0.6) is 0 Å². The molecular formula is C14H20N2O2. The summed E-state index contributed by atoms with van der Waals surface area (Å²) in [5.74, 6) is 0.511. The van der Waals surface area contributed by atoms with Crippen molar-refractivity contribution in [3.8, 4) is 0 Å². The van der Waals surface area contributed by atoms with Gasteiger partial charge in [0, 0.05) is 6.04 Å². The molecule has 0 aromatic carbocycles. The first kappa shape index (κ1) is 12.9. The molecule has 1 heterocycles. The van der Waals surface area contributed by atoms with Crippen molar-refractivity contribution in [1.29, 1.82) is 0 Å². The van der Waals surface area contributed by atoms with Crippen LogP contribution in [-0.2, 0) is 0 Å². The van der Waals surface area contributed by atoms with Gasteiger partial charge < -0.3 is 10.4 Å². The highest BCUT2D eigenvalue weighted by atomic mass is 16.4. The van der Waals surface area contributed by atoms with Crippen LogP contribution >= 0.6 is 0 Å². The summed E-state index contributed by atoms with van der Waals surface area (Å²) in [5, 5.41) is 12.2. The predicted octanol–water partition coefficient (Wildman–Crippen LogP) is 3.02. The van der Waals surface area contributed by atoms with Gasteiger partial charge in [-0.3, -0.25) is 0 Å². The third-order valence-corrected chi connectivity index (χ3v) is 3.53. The van der Waals surface area contributed by atoms with Gasteiger partial charge in [0.25, 0.3) is 0 Å². The summed E-state index contributed by atoms with van der Waals surface area (Å²) in [6.45, 7) is 4.58. The maximum Gasteiger partial charge on any atom is 0.354 e. The largest absolute Gasteiger partial charge is 0.477 e. The van der Waals surface area contributed by atoms with Gasteiger partial charge in [0.05, 0.1) is 11.9 Å². The Morgan fingerprint density at radius 3 is 2.44 bits per heavy atom. The number of rotatable bonds is 3. The SMILES string of the molecule is CC1CC(C)CC(Nc2ccc(C(=O)O)nc2)C1. The first-order valence-corrected chi connectivity index (χ1v) is 6.50. The van der Waals surface area contributed by atoms with E-state index in [4.69, 9.17) is 5.11 Å². The standard InChI is InChI=1S/C14H20N2O2/c1-9-5-10(2)7-12(6-9)16-11-3-4-13(14(17)18)15-8-11/h3-4,8-10,12,16H,5-7H2,1-2H3,(H,17,18). The molecule has 4 nitrogen and oxygen atoms in total. The van der Waals surface area contributed by atoms with E-state index in [1.807, 2.05) is 0 Å². The van der Waals surface area contributed by atoms with Gasteiger partial charge in [-0.15, -0.1) is 0 Å². The summed E-state index contributed by atoms with van der Waals surface area (Å²) in [6, 6.07) is 3.81.